The fraction of sp³-hybridized carbons (Fsp3) is 0. The molecule has 0 fully saturated rings. The Balaban J connectivity index is 2.11. The van der Waals surface area contributed by atoms with Gasteiger partial charge in [0.05, 0.1) is 0 Å². The van der Waals surface area contributed by atoms with E-state index in [-0.39, 0.29) is 22.8 Å². The largest absolute Gasteiger partial charge is 0.508 e. The number of carbonyl (C=O) groups is 1. The summed E-state index contributed by atoms with van der Waals surface area (Å²) in [5, 5.41) is 18.7. The first kappa shape index (κ1) is 14.8. The number of halogens is 1. The zero-order valence-corrected chi connectivity index (χ0v) is 12.0. The van der Waals surface area contributed by atoms with Crippen molar-refractivity contribution in [2.45, 2.75) is 0 Å². The van der Waals surface area contributed by atoms with Gasteiger partial charge in [-0.2, -0.15) is 0 Å². The number of aromatic hydroxyl groups is 2. The first-order valence-electron chi connectivity index (χ1n) is 6.98. The standard InChI is InChI=1S/C19H13FO3/c20-18-11-14(22)9-10-16(18)15-3-1-2-4-17(15)19(23)12-5-7-13(21)8-6-12/h1-11,21-22H. The topological polar surface area (TPSA) is 57.5 Å². The van der Waals surface area contributed by atoms with Gasteiger partial charge in [-0.25, -0.2) is 4.39 Å². The summed E-state index contributed by atoms with van der Waals surface area (Å²) in [5.41, 5.74) is 1.44. The smallest absolute Gasteiger partial charge is 0.193 e. The number of phenolic OH excluding ortho intramolecular Hbond substituents is 2. The summed E-state index contributed by atoms with van der Waals surface area (Å²) in [4.78, 5) is 12.7. The molecule has 3 aromatic carbocycles. The lowest BCUT2D eigenvalue weighted by molar-refractivity contribution is 0.103. The van der Waals surface area contributed by atoms with E-state index < -0.39 is 5.82 Å². The van der Waals surface area contributed by atoms with Crippen molar-refractivity contribution in [3.63, 3.8) is 0 Å². The fourth-order valence-electron chi connectivity index (χ4n) is 2.41. The van der Waals surface area contributed by atoms with Crippen molar-refractivity contribution < 1.29 is 19.4 Å². The van der Waals surface area contributed by atoms with E-state index in [1.165, 1.54) is 36.4 Å². The molecular formula is C19H13FO3. The highest BCUT2D eigenvalue weighted by Crippen LogP contribution is 2.30. The zero-order chi connectivity index (χ0) is 16.4. The van der Waals surface area contributed by atoms with Crippen LogP contribution in [0.4, 0.5) is 4.39 Å². The molecule has 0 aliphatic rings. The van der Waals surface area contributed by atoms with Gasteiger partial charge in [-0.3, -0.25) is 4.79 Å². The van der Waals surface area contributed by atoms with Crippen molar-refractivity contribution in [1.82, 2.24) is 0 Å². The van der Waals surface area contributed by atoms with Gasteiger partial charge in [0.2, 0.25) is 0 Å². The van der Waals surface area contributed by atoms with Crippen LogP contribution in [0.3, 0.4) is 0 Å². The van der Waals surface area contributed by atoms with E-state index in [4.69, 9.17) is 0 Å². The summed E-state index contributed by atoms with van der Waals surface area (Å²) in [6.45, 7) is 0. The van der Waals surface area contributed by atoms with Crippen LogP contribution in [0.15, 0.2) is 66.7 Å². The Morgan fingerprint density at radius 2 is 1.43 bits per heavy atom. The first-order chi connectivity index (χ1) is 11.1. The van der Waals surface area contributed by atoms with E-state index in [2.05, 4.69) is 0 Å². The summed E-state index contributed by atoms with van der Waals surface area (Å²) in [6, 6.07) is 16.4. The van der Waals surface area contributed by atoms with E-state index in [0.717, 1.165) is 6.07 Å². The predicted molar refractivity (Wildman–Crippen MR) is 85.0 cm³/mol. The van der Waals surface area contributed by atoms with Crippen LogP contribution in [0.5, 0.6) is 11.5 Å². The van der Waals surface area contributed by atoms with Gasteiger partial charge >= 0.3 is 0 Å². The molecule has 0 saturated heterocycles. The zero-order valence-electron chi connectivity index (χ0n) is 12.0. The molecule has 0 aliphatic heterocycles. The minimum atomic E-state index is -0.601. The molecule has 3 nitrogen and oxygen atoms in total. The fourth-order valence-corrected chi connectivity index (χ4v) is 2.41. The molecule has 0 bridgehead atoms. The van der Waals surface area contributed by atoms with Gasteiger partial charge in [0, 0.05) is 22.8 Å². The lowest BCUT2D eigenvalue weighted by atomic mass is 9.93. The second kappa shape index (κ2) is 5.93. The minimum absolute atomic E-state index is 0.0689. The Bertz CT molecular complexity index is 870. The molecule has 114 valence electrons. The van der Waals surface area contributed by atoms with E-state index in [9.17, 15) is 19.4 Å². The average molecular weight is 308 g/mol. The van der Waals surface area contributed by atoms with Crippen molar-refractivity contribution in [3.8, 4) is 22.6 Å². The van der Waals surface area contributed by atoms with Gasteiger partial charge in [-0.05, 0) is 42.0 Å². The molecule has 0 heterocycles. The molecule has 3 aromatic rings. The summed E-state index contributed by atoms with van der Waals surface area (Å²) in [7, 11) is 0. The highest BCUT2D eigenvalue weighted by atomic mass is 19.1. The Labute approximate surface area is 132 Å². The maximum Gasteiger partial charge on any atom is 0.193 e. The molecule has 0 unspecified atom stereocenters. The third-order valence-corrected chi connectivity index (χ3v) is 3.54. The number of carbonyl (C=O) groups excluding carboxylic acids is 1. The van der Waals surface area contributed by atoms with E-state index >= 15 is 0 Å². The summed E-state index contributed by atoms with van der Waals surface area (Å²) >= 11 is 0. The Kier molecular flexibility index (Phi) is 3.81. The number of hydrogen-bond donors (Lipinski definition) is 2. The molecule has 0 amide bonds. The molecule has 0 aliphatic carbocycles. The monoisotopic (exact) mass is 308 g/mol. The maximum absolute atomic E-state index is 14.1. The number of rotatable bonds is 3. The van der Waals surface area contributed by atoms with Crippen LogP contribution in [0, 0.1) is 5.82 Å². The predicted octanol–water partition coefficient (Wildman–Crippen LogP) is 4.13. The van der Waals surface area contributed by atoms with E-state index in [1.54, 1.807) is 24.3 Å². The molecule has 0 aromatic heterocycles. The summed E-state index contributed by atoms with van der Waals surface area (Å²) in [5.74, 6) is -0.975. The molecule has 0 atom stereocenters. The normalized spacial score (nSPS) is 10.5. The number of benzene rings is 3. The molecule has 0 radical (unpaired) electrons. The van der Waals surface area contributed by atoms with E-state index in [1.807, 2.05) is 0 Å². The Morgan fingerprint density at radius 1 is 0.783 bits per heavy atom. The van der Waals surface area contributed by atoms with Crippen molar-refractivity contribution in [2.75, 3.05) is 0 Å². The lowest BCUT2D eigenvalue weighted by Crippen LogP contribution is -2.03. The second-order valence-electron chi connectivity index (χ2n) is 5.09. The van der Waals surface area contributed by atoms with Crippen molar-refractivity contribution >= 4 is 5.78 Å². The average Bonchev–Trinajstić information content (AvgIpc) is 2.55. The highest BCUT2D eigenvalue weighted by Gasteiger charge is 2.16. The van der Waals surface area contributed by atoms with Gasteiger partial charge in [-0.1, -0.05) is 24.3 Å². The van der Waals surface area contributed by atoms with Crippen LogP contribution in [-0.4, -0.2) is 16.0 Å². The maximum atomic E-state index is 14.1. The van der Waals surface area contributed by atoms with Crippen molar-refractivity contribution in [3.05, 3.63) is 83.7 Å². The quantitative estimate of drug-likeness (QED) is 0.715. The SMILES string of the molecule is O=C(c1ccc(O)cc1)c1ccccc1-c1ccc(O)cc1F. The van der Waals surface area contributed by atoms with Crippen molar-refractivity contribution in [2.24, 2.45) is 0 Å². The highest BCUT2D eigenvalue weighted by molar-refractivity contribution is 6.12. The number of hydrogen-bond acceptors (Lipinski definition) is 3. The number of phenols is 2. The van der Waals surface area contributed by atoms with E-state index in [0.29, 0.717) is 16.7 Å². The van der Waals surface area contributed by atoms with Crippen LogP contribution in [0.1, 0.15) is 15.9 Å². The lowest BCUT2D eigenvalue weighted by Gasteiger charge is -2.10. The molecule has 2 N–H and O–H groups in total. The third kappa shape index (κ3) is 2.92. The van der Waals surface area contributed by atoms with Gasteiger partial charge in [0.25, 0.3) is 0 Å². The molecular weight excluding hydrogens is 295 g/mol. The van der Waals surface area contributed by atoms with Crippen LogP contribution in [0.2, 0.25) is 0 Å². The summed E-state index contributed by atoms with van der Waals surface area (Å²) in [6.07, 6.45) is 0. The first-order valence-corrected chi connectivity index (χ1v) is 6.98. The third-order valence-electron chi connectivity index (χ3n) is 3.54. The van der Waals surface area contributed by atoms with Gasteiger partial charge in [-0.15, -0.1) is 0 Å². The minimum Gasteiger partial charge on any atom is -0.508 e. The molecule has 4 heteroatoms. The van der Waals surface area contributed by atoms with Gasteiger partial charge < -0.3 is 10.2 Å². The molecule has 0 spiro atoms. The Morgan fingerprint density at radius 3 is 2.13 bits per heavy atom. The van der Waals surface area contributed by atoms with Gasteiger partial charge in [0.15, 0.2) is 5.78 Å². The van der Waals surface area contributed by atoms with Crippen molar-refractivity contribution in [1.29, 1.82) is 0 Å². The van der Waals surface area contributed by atoms with Crippen LogP contribution < -0.4 is 0 Å². The number of ketones is 1. The molecule has 0 saturated carbocycles. The van der Waals surface area contributed by atoms with Crippen LogP contribution in [0.25, 0.3) is 11.1 Å². The van der Waals surface area contributed by atoms with Crippen LogP contribution in [-0.2, 0) is 0 Å². The van der Waals surface area contributed by atoms with Gasteiger partial charge in [0.1, 0.15) is 17.3 Å². The molecule has 23 heavy (non-hydrogen) atoms. The Hall–Kier alpha value is -3.14. The molecule has 3 rings (SSSR count). The van der Waals surface area contributed by atoms with Crippen LogP contribution >= 0.6 is 0 Å². The summed E-state index contributed by atoms with van der Waals surface area (Å²) < 4.78 is 14.1. The second-order valence-corrected chi connectivity index (χ2v) is 5.09.